The van der Waals surface area contributed by atoms with Gasteiger partial charge in [-0.2, -0.15) is 10.4 Å². The normalized spacial score (nSPS) is 10.4. The fourth-order valence-electron chi connectivity index (χ4n) is 2.04. The smallest absolute Gasteiger partial charge is 0.320 e. The van der Waals surface area contributed by atoms with Crippen LogP contribution in [-0.2, 0) is 13.2 Å². The molecular weight excluding hydrogens is 294 g/mol. The lowest BCUT2D eigenvalue weighted by atomic mass is 10.1. The van der Waals surface area contributed by atoms with E-state index in [0.29, 0.717) is 5.56 Å². The largest absolute Gasteiger partial charge is 0.392 e. The summed E-state index contributed by atoms with van der Waals surface area (Å²) >= 11 is 0. The highest BCUT2D eigenvalue weighted by atomic mass is 16.3. The minimum absolute atomic E-state index is 0.0865. The van der Waals surface area contributed by atoms with Gasteiger partial charge < -0.3 is 10.4 Å². The first-order chi connectivity index (χ1) is 11.0. The Morgan fingerprint density at radius 1 is 1.39 bits per heavy atom. The molecule has 0 aliphatic heterocycles. The highest BCUT2D eigenvalue weighted by Gasteiger charge is 2.13. The number of carbonyl (C=O) groups excluding carboxylic acids is 1. The van der Waals surface area contributed by atoms with E-state index < -0.39 is 6.03 Å². The summed E-state index contributed by atoms with van der Waals surface area (Å²) in [6, 6.07) is 8.95. The van der Waals surface area contributed by atoms with Crippen molar-refractivity contribution in [1.29, 1.82) is 5.26 Å². The second kappa shape index (κ2) is 7.42. The molecule has 7 heteroatoms. The molecule has 7 nitrogen and oxygen atoms in total. The van der Waals surface area contributed by atoms with E-state index in [9.17, 15) is 9.90 Å². The molecule has 3 N–H and O–H groups in total. The summed E-state index contributed by atoms with van der Waals surface area (Å²) in [4.78, 5) is 12.0. The molecule has 1 heterocycles. The van der Waals surface area contributed by atoms with Gasteiger partial charge >= 0.3 is 6.03 Å². The molecule has 2 rings (SSSR count). The topological polar surface area (TPSA) is 103 Å². The third-order valence-electron chi connectivity index (χ3n) is 3.34. The molecule has 0 bridgehead atoms. The molecule has 1 aromatic heterocycles. The van der Waals surface area contributed by atoms with Gasteiger partial charge in [0.1, 0.15) is 11.6 Å². The molecule has 0 aliphatic carbocycles. The molecule has 0 unspecified atom stereocenters. The number of hydrogen-bond acceptors (Lipinski definition) is 4. The van der Waals surface area contributed by atoms with Crippen LogP contribution < -0.4 is 10.6 Å². The first-order valence-electron chi connectivity index (χ1n) is 7.27. The van der Waals surface area contributed by atoms with Crippen LogP contribution in [0.4, 0.5) is 10.6 Å². The molecule has 0 spiro atoms. The number of nitriles is 1. The Morgan fingerprint density at radius 2 is 2.09 bits per heavy atom. The van der Waals surface area contributed by atoms with Crippen LogP contribution >= 0.6 is 0 Å². The van der Waals surface area contributed by atoms with Crippen LogP contribution in [0.2, 0.25) is 0 Å². The number of rotatable bonds is 5. The number of urea groups is 1. The van der Waals surface area contributed by atoms with E-state index in [1.165, 1.54) is 0 Å². The predicted octanol–water partition coefficient (Wildman–Crippen LogP) is 2.15. The van der Waals surface area contributed by atoms with Gasteiger partial charge in [0.2, 0.25) is 0 Å². The third kappa shape index (κ3) is 4.08. The molecule has 0 fully saturated rings. The van der Waals surface area contributed by atoms with Crippen LogP contribution in [0.3, 0.4) is 0 Å². The SMILES string of the molecule is CC(C)n1cc(C#N)c(NC(=O)NCc2ccccc2CO)n1. The fourth-order valence-corrected chi connectivity index (χ4v) is 2.04. The van der Waals surface area contributed by atoms with Crippen molar-refractivity contribution in [2.24, 2.45) is 0 Å². The fraction of sp³-hybridized carbons (Fsp3) is 0.312. The van der Waals surface area contributed by atoms with E-state index in [4.69, 9.17) is 5.26 Å². The quantitative estimate of drug-likeness (QED) is 0.787. The molecule has 23 heavy (non-hydrogen) atoms. The average Bonchev–Trinajstić information content (AvgIpc) is 2.96. The van der Waals surface area contributed by atoms with Gasteiger partial charge in [-0.05, 0) is 25.0 Å². The molecule has 120 valence electrons. The van der Waals surface area contributed by atoms with Crippen molar-refractivity contribution in [3.63, 3.8) is 0 Å². The number of amides is 2. The standard InChI is InChI=1S/C16H19N5O2/c1-11(2)21-9-14(7-17)15(20-21)19-16(23)18-8-12-5-3-4-6-13(12)10-22/h3-6,9,11,22H,8,10H2,1-2H3,(H2,18,19,20,23). The Labute approximate surface area is 134 Å². The monoisotopic (exact) mass is 313 g/mol. The van der Waals surface area contributed by atoms with Crippen LogP contribution in [0, 0.1) is 11.3 Å². The summed E-state index contributed by atoms with van der Waals surface area (Å²) in [5.74, 6) is 0.231. The van der Waals surface area contributed by atoms with Crippen molar-refractivity contribution in [3.8, 4) is 6.07 Å². The Hall–Kier alpha value is -2.85. The van der Waals surface area contributed by atoms with Crippen LogP contribution in [-0.4, -0.2) is 20.9 Å². The maximum Gasteiger partial charge on any atom is 0.320 e. The number of aliphatic hydroxyl groups excluding tert-OH is 1. The maximum absolute atomic E-state index is 12.0. The molecule has 2 amide bonds. The second-order valence-electron chi connectivity index (χ2n) is 5.31. The van der Waals surface area contributed by atoms with Gasteiger partial charge in [-0.3, -0.25) is 10.00 Å². The summed E-state index contributed by atoms with van der Waals surface area (Å²) in [6.45, 7) is 4.06. The first kappa shape index (κ1) is 16.5. The molecule has 1 aromatic carbocycles. The summed E-state index contributed by atoms with van der Waals surface area (Å²) in [5.41, 5.74) is 1.90. The predicted molar refractivity (Wildman–Crippen MR) is 85.6 cm³/mol. The van der Waals surface area contributed by atoms with Gasteiger partial charge in [-0.1, -0.05) is 24.3 Å². The number of anilines is 1. The van der Waals surface area contributed by atoms with E-state index in [1.54, 1.807) is 16.9 Å². The highest BCUT2D eigenvalue weighted by molar-refractivity contribution is 5.89. The number of benzene rings is 1. The van der Waals surface area contributed by atoms with Crippen molar-refractivity contribution in [3.05, 3.63) is 47.2 Å². The van der Waals surface area contributed by atoms with Crippen LogP contribution in [0.1, 0.15) is 36.6 Å². The molecule has 2 aromatic rings. The lowest BCUT2D eigenvalue weighted by Crippen LogP contribution is -2.29. The van der Waals surface area contributed by atoms with Gasteiger partial charge in [-0.15, -0.1) is 0 Å². The Kier molecular flexibility index (Phi) is 5.33. The van der Waals surface area contributed by atoms with Crippen molar-refractivity contribution in [2.75, 3.05) is 5.32 Å². The van der Waals surface area contributed by atoms with E-state index in [1.807, 2.05) is 38.1 Å². The van der Waals surface area contributed by atoms with Crippen molar-refractivity contribution in [2.45, 2.75) is 33.0 Å². The zero-order valence-corrected chi connectivity index (χ0v) is 13.1. The molecule has 0 saturated carbocycles. The lowest BCUT2D eigenvalue weighted by Gasteiger charge is -2.09. The minimum Gasteiger partial charge on any atom is -0.392 e. The van der Waals surface area contributed by atoms with E-state index in [-0.39, 0.29) is 25.0 Å². The molecule has 0 atom stereocenters. The van der Waals surface area contributed by atoms with Crippen LogP contribution in [0.25, 0.3) is 0 Å². The molecule has 0 aliphatic rings. The first-order valence-corrected chi connectivity index (χ1v) is 7.27. The summed E-state index contributed by atoms with van der Waals surface area (Å²) < 4.78 is 1.62. The zero-order chi connectivity index (χ0) is 16.8. The van der Waals surface area contributed by atoms with Crippen molar-refractivity contribution < 1.29 is 9.90 Å². The Morgan fingerprint density at radius 3 is 2.70 bits per heavy atom. The minimum atomic E-state index is -0.455. The van der Waals surface area contributed by atoms with Gasteiger partial charge in [0.05, 0.1) is 6.61 Å². The van der Waals surface area contributed by atoms with E-state index >= 15 is 0 Å². The van der Waals surface area contributed by atoms with Gasteiger partial charge in [0, 0.05) is 18.8 Å². The number of aromatic nitrogens is 2. The van der Waals surface area contributed by atoms with Gasteiger partial charge in [0.15, 0.2) is 5.82 Å². The third-order valence-corrected chi connectivity index (χ3v) is 3.34. The number of carbonyl (C=O) groups is 1. The zero-order valence-electron chi connectivity index (χ0n) is 13.1. The molecule has 0 radical (unpaired) electrons. The lowest BCUT2D eigenvalue weighted by molar-refractivity contribution is 0.251. The number of nitrogens with one attached hydrogen (secondary N) is 2. The van der Waals surface area contributed by atoms with Gasteiger partial charge in [0.25, 0.3) is 0 Å². The van der Waals surface area contributed by atoms with Crippen molar-refractivity contribution in [1.82, 2.24) is 15.1 Å². The number of nitrogens with zero attached hydrogens (tertiary/aromatic N) is 3. The maximum atomic E-state index is 12.0. The molecule has 0 saturated heterocycles. The van der Waals surface area contributed by atoms with Gasteiger partial charge in [-0.25, -0.2) is 4.79 Å². The van der Waals surface area contributed by atoms with Crippen LogP contribution in [0.15, 0.2) is 30.5 Å². The summed E-state index contributed by atoms with van der Waals surface area (Å²) in [6.07, 6.45) is 1.60. The van der Waals surface area contributed by atoms with Crippen molar-refractivity contribution >= 4 is 11.8 Å². The highest BCUT2D eigenvalue weighted by Crippen LogP contribution is 2.15. The Balaban J connectivity index is 2.01. The number of aliphatic hydroxyl groups is 1. The number of hydrogen-bond donors (Lipinski definition) is 3. The van der Waals surface area contributed by atoms with E-state index in [0.717, 1.165) is 11.1 Å². The summed E-state index contributed by atoms with van der Waals surface area (Å²) in [5, 5.41) is 27.8. The Bertz CT molecular complexity index is 730. The molecular formula is C16H19N5O2. The van der Waals surface area contributed by atoms with E-state index in [2.05, 4.69) is 15.7 Å². The second-order valence-corrected chi connectivity index (χ2v) is 5.31. The van der Waals surface area contributed by atoms with Crippen LogP contribution in [0.5, 0.6) is 0 Å². The summed E-state index contributed by atoms with van der Waals surface area (Å²) in [7, 11) is 0. The average molecular weight is 313 g/mol.